The molecule has 1 aromatic carbocycles. The molecule has 3 N–H and O–H groups in total. The van der Waals surface area contributed by atoms with Gasteiger partial charge >= 0.3 is 12.2 Å². The lowest BCUT2D eigenvalue weighted by Crippen LogP contribution is -2.58. The Hall–Kier alpha value is -4.21. The van der Waals surface area contributed by atoms with Crippen LogP contribution in [0, 0.1) is 11.7 Å². The molecule has 3 heterocycles. The van der Waals surface area contributed by atoms with Gasteiger partial charge in [0.15, 0.2) is 0 Å². The number of hydrogen-bond acceptors (Lipinski definition) is 9. The van der Waals surface area contributed by atoms with Gasteiger partial charge in [-0.1, -0.05) is 37.1 Å². The van der Waals surface area contributed by atoms with Crippen LogP contribution in [0.3, 0.4) is 0 Å². The van der Waals surface area contributed by atoms with E-state index in [9.17, 15) is 39.5 Å². The Labute approximate surface area is 315 Å². The maximum Gasteiger partial charge on any atom is 0.410 e. The van der Waals surface area contributed by atoms with E-state index in [2.05, 4.69) is 5.32 Å². The Kier molecular flexibility index (Phi) is 6.45. The SMILES string of the molecule is [2H]C1([2H])[C@@H](OC(=O)N2Cc3cccc(F)c3C2)C([2H])([2H])N2C(=O)[C@@H](NC(=O)OC(C([2H])([2H])[2H])(C([2H])([2H])[2H])C([2H])([2H])[2H])CCCCC/C=C\[C@@H]3C[C@@]3(C(=O)NS(=O)(=O)C3CC3)NC(=O)[C@@H]21. The van der Waals surface area contributed by atoms with Crippen LogP contribution in [-0.4, -0.2) is 89.2 Å². The Morgan fingerprint density at radius 3 is 2.63 bits per heavy atom. The molecule has 1 aromatic rings. The zero-order valence-corrected chi connectivity index (χ0v) is 28.0. The monoisotopic (exact) mass is 744 g/mol. The summed E-state index contributed by atoms with van der Waals surface area (Å²) >= 11 is 0. The lowest BCUT2D eigenvalue weighted by atomic mass is 10.0. The second-order valence-electron chi connectivity index (χ2n) is 13.2. The average Bonchev–Trinajstić information content (AvgIpc) is 4.07. The van der Waals surface area contributed by atoms with E-state index in [0.717, 1.165) is 11.0 Å². The first-order chi connectivity index (χ1) is 29.3. The minimum Gasteiger partial charge on any atom is -0.444 e. The number of halogens is 1. The number of ether oxygens (including phenoxy) is 2. The molecular formula is C35H46FN5O9S. The standard InChI is InChI=1S/C35H46FN5O9S/c1-34(2,3)50-32(45)37-27-13-8-6-4-5-7-11-22-17-35(22,31(44)39-51(47,48)24-14-15-24)38-29(42)28-16-23(19-41(28)30(27)43)49-33(46)40-18-21-10-9-12-26(36)25(21)20-40/h7,9-12,22-24,27-28H,4-6,8,13-20H2,1-3H3,(H,37,45)(H,38,42)(H,39,44)/b11-7-/t22-,23-,27+,28+,35-/m1/s1/i1D3,2D3,3D3,16D2,19D2. The van der Waals surface area contributed by atoms with Crippen LogP contribution in [-0.2, 0) is 47.0 Å². The van der Waals surface area contributed by atoms with Crippen molar-refractivity contribution in [2.24, 2.45) is 5.92 Å². The summed E-state index contributed by atoms with van der Waals surface area (Å²) in [5.41, 5.74) is -5.84. The zero-order valence-electron chi connectivity index (χ0n) is 40.2. The molecule has 51 heavy (non-hydrogen) atoms. The highest BCUT2D eigenvalue weighted by Crippen LogP contribution is 2.46. The van der Waals surface area contributed by atoms with E-state index >= 15 is 0 Å². The Morgan fingerprint density at radius 2 is 1.90 bits per heavy atom. The first-order valence-electron chi connectivity index (χ1n) is 22.9. The second kappa shape index (κ2) is 14.1. The van der Waals surface area contributed by atoms with Crippen LogP contribution in [0.5, 0.6) is 0 Å². The van der Waals surface area contributed by atoms with Crippen LogP contribution in [0.4, 0.5) is 14.0 Å². The highest BCUT2D eigenvalue weighted by Gasteiger charge is 2.62. The number of rotatable bonds is 5. The molecule has 1 saturated heterocycles. The Balaban J connectivity index is 1.40. The number of sulfonamides is 1. The van der Waals surface area contributed by atoms with E-state index in [0.29, 0.717) is 18.4 Å². The number of nitrogens with one attached hydrogen (secondary N) is 3. The number of benzene rings is 1. The first-order valence-corrected chi connectivity index (χ1v) is 18.0. The summed E-state index contributed by atoms with van der Waals surface area (Å²) in [5, 5.41) is 3.34. The van der Waals surface area contributed by atoms with Crippen LogP contribution in [0.15, 0.2) is 30.4 Å². The van der Waals surface area contributed by atoms with Gasteiger partial charge in [-0.15, -0.1) is 0 Å². The van der Waals surface area contributed by atoms with Gasteiger partial charge in [-0.05, 0) is 70.7 Å². The maximum atomic E-state index is 14.8. The number of carbonyl (C=O) groups is 5. The van der Waals surface area contributed by atoms with Crippen molar-refractivity contribution in [2.75, 3.05) is 6.50 Å². The highest BCUT2D eigenvalue weighted by molar-refractivity contribution is 7.91. The van der Waals surface area contributed by atoms with Crippen molar-refractivity contribution in [1.82, 2.24) is 25.2 Å². The quantitative estimate of drug-likeness (QED) is 0.382. The van der Waals surface area contributed by atoms with Crippen molar-refractivity contribution in [3.05, 3.63) is 47.3 Å². The maximum absolute atomic E-state index is 14.8. The van der Waals surface area contributed by atoms with Crippen LogP contribution in [0.1, 0.15) is 107 Å². The lowest BCUT2D eigenvalue weighted by molar-refractivity contribution is -0.141. The van der Waals surface area contributed by atoms with Gasteiger partial charge in [0.2, 0.25) is 21.8 Å². The number of carbonyl (C=O) groups excluding carboxylic acids is 5. The summed E-state index contributed by atoms with van der Waals surface area (Å²) in [7, 11) is -4.23. The normalized spacial score (nSPS) is 35.4. The van der Waals surface area contributed by atoms with E-state index in [1.807, 2.05) is 10.0 Å². The largest absolute Gasteiger partial charge is 0.444 e. The molecule has 0 spiro atoms. The minimum atomic E-state index is -4.23. The molecule has 5 aliphatic rings. The topological polar surface area (TPSA) is 181 Å². The molecule has 14 nitrogen and oxygen atoms in total. The molecule has 0 bridgehead atoms. The van der Waals surface area contributed by atoms with Gasteiger partial charge in [-0.2, -0.15) is 0 Å². The number of alkyl carbamates (subject to hydrolysis) is 1. The van der Waals surface area contributed by atoms with E-state index in [1.165, 1.54) is 18.2 Å². The fourth-order valence-corrected chi connectivity index (χ4v) is 7.69. The van der Waals surface area contributed by atoms with Crippen molar-refractivity contribution in [2.45, 2.75) is 126 Å². The second-order valence-corrected chi connectivity index (χ2v) is 15.1. The molecule has 16 heteroatoms. The average molecular weight is 745 g/mol. The predicted molar refractivity (Wildman–Crippen MR) is 180 cm³/mol. The molecule has 6 rings (SSSR count). The fraction of sp³-hybridized carbons (Fsp3) is 0.629. The van der Waals surface area contributed by atoms with Gasteiger partial charge in [0, 0.05) is 39.5 Å². The van der Waals surface area contributed by atoms with Crippen molar-refractivity contribution >= 4 is 39.9 Å². The lowest BCUT2D eigenvalue weighted by Gasteiger charge is -2.30. The molecule has 0 radical (unpaired) electrons. The number of hydrogen-bond donors (Lipinski definition) is 3. The summed E-state index contributed by atoms with van der Waals surface area (Å²) in [6.45, 7) is -16.4. The van der Waals surface area contributed by atoms with Gasteiger partial charge in [0.1, 0.15) is 35.1 Å². The van der Waals surface area contributed by atoms with Gasteiger partial charge in [-0.3, -0.25) is 24.0 Å². The fourth-order valence-electron chi connectivity index (χ4n) is 6.32. The van der Waals surface area contributed by atoms with E-state index < -0.39 is 133 Å². The molecule has 2 saturated carbocycles. The Morgan fingerprint density at radius 1 is 1.12 bits per heavy atom. The molecule has 5 atom stereocenters. The summed E-state index contributed by atoms with van der Waals surface area (Å²) in [4.78, 5) is 71.4. The third-order valence-electron chi connectivity index (χ3n) is 9.24. The summed E-state index contributed by atoms with van der Waals surface area (Å²) in [6.07, 6.45) is -5.81. The number of fused-ring (bicyclic) bond motifs is 3. The first kappa shape index (κ1) is 23.4. The van der Waals surface area contributed by atoms with E-state index in [-0.39, 0.29) is 49.1 Å². The molecule has 3 fully saturated rings. The summed E-state index contributed by atoms with van der Waals surface area (Å²) in [5.74, 6) is -6.02. The zero-order chi connectivity index (χ0) is 47.8. The number of amides is 5. The van der Waals surface area contributed by atoms with Crippen molar-refractivity contribution < 1.29 is 64.1 Å². The summed E-state index contributed by atoms with van der Waals surface area (Å²) < 4.78 is 160. The molecule has 0 unspecified atom stereocenters. The highest BCUT2D eigenvalue weighted by atomic mass is 32.2. The van der Waals surface area contributed by atoms with Crippen LogP contribution >= 0.6 is 0 Å². The minimum absolute atomic E-state index is 0.00638. The molecule has 2 aliphatic carbocycles. The summed E-state index contributed by atoms with van der Waals surface area (Å²) in [6, 6.07) is -0.874. The smallest absolute Gasteiger partial charge is 0.410 e. The van der Waals surface area contributed by atoms with Crippen LogP contribution in [0.2, 0.25) is 0 Å². The third-order valence-corrected chi connectivity index (χ3v) is 11.1. The molecule has 3 aliphatic heterocycles. The van der Waals surface area contributed by atoms with Gasteiger partial charge in [-0.25, -0.2) is 22.4 Å². The van der Waals surface area contributed by atoms with Crippen molar-refractivity contribution in [1.29, 1.82) is 0 Å². The van der Waals surface area contributed by atoms with Gasteiger partial charge in [0.05, 0.1) is 21.0 Å². The van der Waals surface area contributed by atoms with E-state index in [4.69, 9.17) is 24.6 Å². The van der Waals surface area contributed by atoms with E-state index in [1.54, 1.807) is 6.08 Å². The molecule has 5 amide bonds. The Bertz CT molecular complexity index is 2190. The molecular weight excluding hydrogens is 685 g/mol. The third kappa shape index (κ3) is 8.31. The number of allylic oxidation sites excluding steroid dienone is 1. The molecule has 278 valence electrons. The van der Waals surface area contributed by atoms with Crippen molar-refractivity contribution in [3.8, 4) is 0 Å². The van der Waals surface area contributed by atoms with Gasteiger partial charge in [0.25, 0.3) is 5.91 Å². The molecule has 0 aromatic heterocycles. The van der Waals surface area contributed by atoms with Crippen molar-refractivity contribution in [3.63, 3.8) is 0 Å². The number of nitrogens with zero attached hydrogens (tertiary/aromatic N) is 2. The van der Waals surface area contributed by atoms with Gasteiger partial charge < -0.3 is 25.0 Å². The predicted octanol–water partition coefficient (Wildman–Crippen LogP) is 3.14. The van der Waals surface area contributed by atoms with Crippen LogP contribution < -0.4 is 15.4 Å². The van der Waals surface area contributed by atoms with Crippen LogP contribution in [0.25, 0.3) is 0 Å².